The van der Waals surface area contributed by atoms with E-state index in [1.54, 1.807) is 6.07 Å². The van der Waals surface area contributed by atoms with Crippen molar-refractivity contribution >= 4 is 0 Å². The number of nitrogens with one attached hydrogen (secondary N) is 1. The molecule has 1 fully saturated rings. The first-order chi connectivity index (χ1) is 10.7. The zero-order valence-electron chi connectivity index (χ0n) is 13.3. The second-order valence-corrected chi connectivity index (χ2v) is 6.75. The van der Waals surface area contributed by atoms with Gasteiger partial charge in [0.1, 0.15) is 0 Å². The topological polar surface area (TPSA) is 61.7 Å². The normalized spacial score (nSPS) is 25.9. The maximum atomic E-state index is 10.2. The van der Waals surface area contributed by atoms with Crippen LogP contribution in [0.4, 0.5) is 0 Å². The Morgan fingerprint density at radius 3 is 2.68 bits per heavy atom. The Balaban J connectivity index is 1.79. The summed E-state index contributed by atoms with van der Waals surface area (Å²) in [5, 5.41) is 23.2. The van der Waals surface area contributed by atoms with Crippen LogP contribution in [0.25, 0.3) is 0 Å². The second kappa shape index (κ2) is 6.88. The van der Waals surface area contributed by atoms with Crippen molar-refractivity contribution in [2.45, 2.75) is 57.2 Å². The standard InChI is InChI=1S/C18H27NO3/c1-19-11-17-14-7-8-16(20)18(21)15(14)10-13(22-17)9-12-5-3-2-4-6-12/h7-8,12-13,17,19-21H,2-6,9-11H2,1H3. The minimum atomic E-state index is -0.0474. The highest BCUT2D eigenvalue weighted by Gasteiger charge is 2.31. The number of hydrogen-bond donors (Lipinski definition) is 3. The van der Waals surface area contributed by atoms with Crippen LogP contribution in [-0.4, -0.2) is 29.9 Å². The van der Waals surface area contributed by atoms with Crippen LogP contribution in [0, 0.1) is 5.92 Å². The first kappa shape index (κ1) is 15.6. The molecule has 4 heteroatoms. The molecule has 2 unspecified atom stereocenters. The molecule has 3 N–H and O–H groups in total. The summed E-state index contributed by atoms with van der Waals surface area (Å²) in [6.07, 6.45) is 8.49. The van der Waals surface area contributed by atoms with Crippen molar-refractivity contribution in [1.29, 1.82) is 0 Å². The fourth-order valence-electron chi connectivity index (χ4n) is 4.01. The van der Waals surface area contributed by atoms with Crippen molar-refractivity contribution < 1.29 is 14.9 Å². The molecule has 0 aromatic heterocycles. The smallest absolute Gasteiger partial charge is 0.161 e. The number of ether oxygens (including phenoxy) is 1. The highest BCUT2D eigenvalue weighted by molar-refractivity contribution is 5.51. The molecule has 1 saturated carbocycles. The SMILES string of the molecule is CNCC1OC(CC2CCCCC2)Cc2c1ccc(O)c2O. The molecular weight excluding hydrogens is 278 g/mol. The van der Waals surface area contributed by atoms with E-state index >= 15 is 0 Å². The van der Waals surface area contributed by atoms with E-state index in [1.165, 1.54) is 32.1 Å². The first-order valence-electron chi connectivity index (χ1n) is 8.52. The zero-order valence-corrected chi connectivity index (χ0v) is 13.3. The lowest BCUT2D eigenvalue weighted by atomic mass is 9.82. The van der Waals surface area contributed by atoms with Gasteiger partial charge in [-0.15, -0.1) is 0 Å². The molecule has 1 heterocycles. The number of hydrogen-bond acceptors (Lipinski definition) is 4. The molecule has 0 bridgehead atoms. The molecule has 22 heavy (non-hydrogen) atoms. The summed E-state index contributed by atoms with van der Waals surface area (Å²) < 4.78 is 6.30. The molecule has 4 nitrogen and oxygen atoms in total. The van der Waals surface area contributed by atoms with Gasteiger partial charge in [0.05, 0.1) is 12.2 Å². The van der Waals surface area contributed by atoms with Crippen LogP contribution in [0.2, 0.25) is 0 Å². The van der Waals surface area contributed by atoms with Gasteiger partial charge in [0.15, 0.2) is 11.5 Å². The van der Waals surface area contributed by atoms with Gasteiger partial charge in [-0.25, -0.2) is 0 Å². The quantitative estimate of drug-likeness (QED) is 0.747. The van der Waals surface area contributed by atoms with Gasteiger partial charge < -0.3 is 20.3 Å². The third-order valence-corrected chi connectivity index (χ3v) is 5.14. The number of rotatable bonds is 4. The highest BCUT2D eigenvalue weighted by Crippen LogP contribution is 2.41. The van der Waals surface area contributed by atoms with Crippen molar-refractivity contribution in [2.75, 3.05) is 13.6 Å². The largest absolute Gasteiger partial charge is 0.504 e. The maximum Gasteiger partial charge on any atom is 0.161 e. The first-order valence-corrected chi connectivity index (χ1v) is 8.52. The molecule has 2 aliphatic rings. The van der Waals surface area contributed by atoms with E-state index < -0.39 is 0 Å². The number of fused-ring (bicyclic) bond motifs is 1. The van der Waals surface area contributed by atoms with Crippen molar-refractivity contribution in [2.24, 2.45) is 5.92 Å². The van der Waals surface area contributed by atoms with Gasteiger partial charge in [-0.3, -0.25) is 0 Å². The van der Waals surface area contributed by atoms with E-state index in [0.717, 1.165) is 30.0 Å². The molecular formula is C18H27NO3. The van der Waals surface area contributed by atoms with Gasteiger partial charge in [0.25, 0.3) is 0 Å². The van der Waals surface area contributed by atoms with Crippen LogP contribution in [-0.2, 0) is 11.2 Å². The summed E-state index contributed by atoms with van der Waals surface area (Å²) in [4.78, 5) is 0. The average Bonchev–Trinajstić information content (AvgIpc) is 2.53. The number of likely N-dealkylation sites (N-methyl/N-ethyl adjacent to an activating group) is 1. The maximum absolute atomic E-state index is 10.2. The number of phenols is 2. The van der Waals surface area contributed by atoms with E-state index in [1.807, 2.05) is 13.1 Å². The Hall–Kier alpha value is -1.26. The number of aromatic hydroxyl groups is 2. The monoisotopic (exact) mass is 305 g/mol. The summed E-state index contributed by atoms with van der Waals surface area (Å²) in [5.41, 5.74) is 1.87. The molecule has 1 aromatic rings. The Labute approximate surface area is 132 Å². The summed E-state index contributed by atoms with van der Waals surface area (Å²) >= 11 is 0. The van der Waals surface area contributed by atoms with E-state index in [0.29, 0.717) is 6.42 Å². The number of benzene rings is 1. The molecule has 1 aliphatic carbocycles. The lowest BCUT2D eigenvalue weighted by molar-refractivity contribution is -0.0381. The average molecular weight is 305 g/mol. The summed E-state index contributed by atoms with van der Waals surface area (Å²) in [6, 6.07) is 3.44. The molecule has 2 atom stereocenters. The van der Waals surface area contributed by atoms with Crippen LogP contribution in [0.5, 0.6) is 11.5 Å². The van der Waals surface area contributed by atoms with Gasteiger partial charge in [0, 0.05) is 18.5 Å². The molecule has 122 valence electrons. The van der Waals surface area contributed by atoms with Gasteiger partial charge in [-0.05, 0) is 31.0 Å². The fourth-order valence-corrected chi connectivity index (χ4v) is 4.01. The minimum absolute atomic E-state index is 0.0275. The summed E-state index contributed by atoms with van der Waals surface area (Å²) in [7, 11) is 1.91. The van der Waals surface area contributed by atoms with E-state index in [9.17, 15) is 10.2 Å². The Morgan fingerprint density at radius 1 is 1.18 bits per heavy atom. The van der Waals surface area contributed by atoms with Crippen molar-refractivity contribution in [1.82, 2.24) is 5.32 Å². The third kappa shape index (κ3) is 3.23. The Bertz CT molecular complexity index is 511. The van der Waals surface area contributed by atoms with Crippen molar-refractivity contribution in [3.05, 3.63) is 23.3 Å². The van der Waals surface area contributed by atoms with Gasteiger partial charge >= 0.3 is 0 Å². The fraction of sp³-hybridized carbons (Fsp3) is 0.667. The molecule has 1 aromatic carbocycles. The zero-order chi connectivity index (χ0) is 15.5. The van der Waals surface area contributed by atoms with Crippen LogP contribution in [0.3, 0.4) is 0 Å². The second-order valence-electron chi connectivity index (χ2n) is 6.75. The molecule has 0 amide bonds. The lowest BCUT2D eigenvalue weighted by Crippen LogP contribution is -2.33. The third-order valence-electron chi connectivity index (χ3n) is 5.14. The predicted octanol–water partition coefficient (Wildman–Crippen LogP) is 3.27. The van der Waals surface area contributed by atoms with Gasteiger partial charge in [-0.1, -0.05) is 38.2 Å². The van der Waals surface area contributed by atoms with Gasteiger partial charge in [-0.2, -0.15) is 0 Å². The Kier molecular flexibility index (Phi) is 4.89. The van der Waals surface area contributed by atoms with E-state index in [4.69, 9.17) is 4.74 Å². The van der Waals surface area contributed by atoms with Crippen molar-refractivity contribution in [3.63, 3.8) is 0 Å². The van der Waals surface area contributed by atoms with Crippen LogP contribution >= 0.6 is 0 Å². The predicted molar refractivity (Wildman–Crippen MR) is 86.2 cm³/mol. The highest BCUT2D eigenvalue weighted by atomic mass is 16.5. The summed E-state index contributed by atoms with van der Waals surface area (Å²) in [6.45, 7) is 0.721. The minimum Gasteiger partial charge on any atom is -0.504 e. The van der Waals surface area contributed by atoms with E-state index in [-0.39, 0.29) is 23.7 Å². The number of phenolic OH excluding ortho intramolecular Hbond substituents is 2. The van der Waals surface area contributed by atoms with Crippen LogP contribution in [0.15, 0.2) is 12.1 Å². The lowest BCUT2D eigenvalue weighted by Gasteiger charge is -2.35. The molecule has 3 rings (SSSR count). The van der Waals surface area contributed by atoms with Crippen molar-refractivity contribution in [3.8, 4) is 11.5 Å². The molecule has 0 spiro atoms. The van der Waals surface area contributed by atoms with Crippen LogP contribution < -0.4 is 5.32 Å². The molecule has 1 aliphatic heterocycles. The Morgan fingerprint density at radius 2 is 1.95 bits per heavy atom. The summed E-state index contributed by atoms with van der Waals surface area (Å²) in [5.74, 6) is 0.755. The van der Waals surface area contributed by atoms with E-state index in [2.05, 4.69) is 5.32 Å². The van der Waals surface area contributed by atoms with Crippen LogP contribution in [0.1, 0.15) is 55.8 Å². The molecule has 0 radical (unpaired) electrons. The van der Waals surface area contributed by atoms with Gasteiger partial charge in [0.2, 0.25) is 0 Å². The molecule has 0 saturated heterocycles.